The van der Waals surface area contributed by atoms with Gasteiger partial charge >= 0.3 is 0 Å². The maximum absolute atomic E-state index is 11.8. The molecular weight excluding hydrogens is 212 g/mol. The second-order valence-electron chi connectivity index (χ2n) is 3.97. The van der Waals surface area contributed by atoms with E-state index in [1.807, 2.05) is 0 Å². The van der Waals surface area contributed by atoms with Crippen molar-refractivity contribution in [1.29, 1.82) is 0 Å². The number of aliphatic hydroxyl groups is 1. The van der Waals surface area contributed by atoms with Gasteiger partial charge in [-0.05, 0) is 12.8 Å². The van der Waals surface area contributed by atoms with Crippen molar-refractivity contribution < 1.29 is 9.90 Å². The Morgan fingerprint density at radius 2 is 2.33 bits per heavy atom. The highest BCUT2D eigenvalue weighted by Gasteiger charge is 2.34. The van der Waals surface area contributed by atoms with Gasteiger partial charge in [0.1, 0.15) is 4.88 Å². The fourth-order valence-electron chi connectivity index (χ4n) is 2.00. The molecule has 2 N–H and O–H groups in total. The summed E-state index contributed by atoms with van der Waals surface area (Å²) in [4.78, 5) is 16.2. The quantitative estimate of drug-likeness (QED) is 0.813. The van der Waals surface area contributed by atoms with Crippen molar-refractivity contribution in [3.63, 3.8) is 0 Å². The van der Waals surface area contributed by atoms with Crippen molar-refractivity contribution in [2.24, 2.45) is 0 Å². The van der Waals surface area contributed by atoms with E-state index in [0.717, 1.165) is 25.7 Å². The van der Waals surface area contributed by atoms with Gasteiger partial charge in [-0.15, -0.1) is 11.3 Å². The predicted octanol–water partition coefficient (Wildman–Crippen LogP) is 1.18. The first-order chi connectivity index (χ1) is 7.26. The number of carbonyl (C=O) groups excluding carboxylic acids is 1. The number of aromatic nitrogens is 1. The molecule has 1 saturated carbocycles. The summed E-state index contributed by atoms with van der Waals surface area (Å²) < 4.78 is 0. The first kappa shape index (κ1) is 10.6. The number of amides is 1. The largest absolute Gasteiger partial charge is 0.394 e. The van der Waals surface area contributed by atoms with E-state index in [-0.39, 0.29) is 18.1 Å². The van der Waals surface area contributed by atoms with Crippen molar-refractivity contribution in [2.45, 2.75) is 31.2 Å². The zero-order valence-electron chi connectivity index (χ0n) is 8.40. The zero-order valence-corrected chi connectivity index (χ0v) is 9.22. The lowest BCUT2D eigenvalue weighted by atomic mass is 9.99. The third kappa shape index (κ3) is 2.18. The summed E-state index contributed by atoms with van der Waals surface area (Å²) in [7, 11) is 0. The molecule has 1 aliphatic rings. The monoisotopic (exact) mass is 226 g/mol. The summed E-state index contributed by atoms with van der Waals surface area (Å²) in [6.45, 7) is 0.0253. The number of nitrogens with one attached hydrogen (secondary N) is 1. The number of thiazole rings is 1. The lowest BCUT2D eigenvalue weighted by Gasteiger charge is -2.27. The highest BCUT2D eigenvalue weighted by Crippen LogP contribution is 2.29. The van der Waals surface area contributed by atoms with Crippen LogP contribution in [-0.4, -0.2) is 28.1 Å². The Labute approximate surface area is 92.3 Å². The summed E-state index contributed by atoms with van der Waals surface area (Å²) in [6.07, 6.45) is 5.44. The van der Waals surface area contributed by atoms with E-state index in [0.29, 0.717) is 4.88 Å². The number of nitrogens with zero attached hydrogens (tertiary/aromatic N) is 1. The molecule has 1 aromatic rings. The number of hydrogen-bond acceptors (Lipinski definition) is 4. The molecular formula is C10H14N2O2S. The predicted molar refractivity (Wildman–Crippen MR) is 57.9 cm³/mol. The lowest BCUT2D eigenvalue weighted by molar-refractivity contribution is 0.0842. The van der Waals surface area contributed by atoms with E-state index in [1.54, 1.807) is 11.7 Å². The third-order valence-corrected chi connectivity index (χ3v) is 3.67. The van der Waals surface area contributed by atoms with Gasteiger partial charge in [0.05, 0.1) is 23.9 Å². The molecule has 0 radical (unpaired) electrons. The Hall–Kier alpha value is -0.940. The minimum absolute atomic E-state index is 0.0253. The molecule has 0 aromatic carbocycles. The summed E-state index contributed by atoms with van der Waals surface area (Å²) in [5.41, 5.74) is 1.25. The van der Waals surface area contributed by atoms with Gasteiger partial charge in [-0.3, -0.25) is 9.78 Å². The number of hydrogen-bond donors (Lipinski definition) is 2. The van der Waals surface area contributed by atoms with E-state index in [1.165, 1.54) is 11.3 Å². The van der Waals surface area contributed by atoms with E-state index in [2.05, 4.69) is 10.3 Å². The third-order valence-electron chi connectivity index (χ3n) is 2.90. The Balaban J connectivity index is 2.04. The molecule has 1 fully saturated rings. The normalized spacial score (nSPS) is 19.0. The Morgan fingerprint density at radius 1 is 1.60 bits per heavy atom. The van der Waals surface area contributed by atoms with Gasteiger partial charge in [0.2, 0.25) is 0 Å². The topological polar surface area (TPSA) is 62.2 Å². The molecule has 0 aliphatic heterocycles. The van der Waals surface area contributed by atoms with Gasteiger partial charge < -0.3 is 10.4 Å². The van der Waals surface area contributed by atoms with Crippen LogP contribution in [0, 0.1) is 0 Å². The fraction of sp³-hybridized carbons (Fsp3) is 0.600. The average molecular weight is 226 g/mol. The van der Waals surface area contributed by atoms with Gasteiger partial charge in [0, 0.05) is 0 Å². The average Bonchev–Trinajstić information content (AvgIpc) is 2.88. The van der Waals surface area contributed by atoms with Gasteiger partial charge in [0.25, 0.3) is 5.91 Å². The van der Waals surface area contributed by atoms with Crippen LogP contribution in [0.2, 0.25) is 0 Å². The molecule has 0 saturated heterocycles. The van der Waals surface area contributed by atoms with Crippen LogP contribution in [-0.2, 0) is 0 Å². The van der Waals surface area contributed by atoms with E-state index in [9.17, 15) is 9.90 Å². The lowest BCUT2D eigenvalue weighted by Crippen LogP contribution is -2.49. The van der Waals surface area contributed by atoms with Crippen molar-refractivity contribution in [3.8, 4) is 0 Å². The minimum atomic E-state index is -0.388. The van der Waals surface area contributed by atoms with Crippen molar-refractivity contribution in [1.82, 2.24) is 10.3 Å². The van der Waals surface area contributed by atoms with Gasteiger partial charge in [-0.2, -0.15) is 0 Å². The Morgan fingerprint density at radius 3 is 2.87 bits per heavy atom. The summed E-state index contributed by atoms with van der Waals surface area (Å²) in [5, 5.41) is 12.3. The Bertz CT molecular complexity index is 331. The first-order valence-electron chi connectivity index (χ1n) is 5.08. The van der Waals surface area contributed by atoms with E-state index < -0.39 is 0 Å². The summed E-state index contributed by atoms with van der Waals surface area (Å²) in [6, 6.07) is 0. The second kappa shape index (κ2) is 4.28. The second-order valence-corrected chi connectivity index (χ2v) is 4.85. The Kier molecular flexibility index (Phi) is 3.02. The van der Waals surface area contributed by atoms with Gasteiger partial charge in [-0.25, -0.2) is 0 Å². The molecule has 82 valence electrons. The number of carbonyl (C=O) groups is 1. The van der Waals surface area contributed by atoms with Gasteiger partial charge in [0.15, 0.2) is 0 Å². The van der Waals surface area contributed by atoms with Crippen LogP contribution in [0.4, 0.5) is 0 Å². The summed E-state index contributed by atoms with van der Waals surface area (Å²) >= 11 is 1.32. The maximum Gasteiger partial charge on any atom is 0.263 e. The first-order valence-corrected chi connectivity index (χ1v) is 5.96. The van der Waals surface area contributed by atoms with E-state index in [4.69, 9.17) is 0 Å². The van der Waals surface area contributed by atoms with Crippen molar-refractivity contribution in [3.05, 3.63) is 16.6 Å². The molecule has 1 amide bonds. The molecule has 5 heteroatoms. The van der Waals surface area contributed by atoms with Crippen LogP contribution >= 0.6 is 11.3 Å². The molecule has 4 nitrogen and oxygen atoms in total. The maximum atomic E-state index is 11.8. The number of aliphatic hydroxyl groups excluding tert-OH is 1. The van der Waals surface area contributed by atoms with Gasteiger partial charge in [-0.1, -0.05) is 12.8 Å². The molecule has 0 spiro atoms. The highest BCUT2D eigenvalue weighted by molar-refractivity contribution is 7.11. The molecule has 0 atom stereocenters. The van der Waals surface area contributed by atoms with Crippen LogP contribution in [0.1, 0.15) is 35.4 Å². The minimum Gasteiger partial charge on any atom is -0.394 e. The summed E-state index contributed by atoms with van der Waals surface area (Å²) in [5.74, 6) is -0.117. The van der Waals surface area contributed by atoms with Crippen LogP contribution < -0.4 is 5.32 Å². The highest BCUT2D eigenvalue weighted by atomic mass is 32.1. The van der Waals surface area contributed by atoms with Crippen LogP contribution in [0.5, 0.6) is 0 Å². The molecule has 1 aromatic heterocycles. The van der Waals surface area contributed by atoms with Crippen molar-refractivity contribution >= 4 is 17.2 Å². The molecule has 0 unspecified atom stereocenters. The SMILES string of the molecule is O=C(NC1(CO)CCCC1)c1cncs1. The van der Waals surface area contributed by atoms with Crippen LogP contribution in [0.15, 0.2) is 11.7 Å². The fourth-order valence-corrected chi connectivity index (χ4v) is 2.52. The van der Waals surface area contributed by atoms with Crippen LogP contribution in [0.25, 0.3) is 0 Å². The smallest absolute Gasteiger partial charge is 0.263 e. The molecule has 2 rings (SSSR count). The van der Waals surface area contributed by atoms with Crippen LogP contribution in [0.3, 0.4) is 0 Å². The standard InChI is InChI=1S/C10H14N2O2S/c13-6-10(3-1-2-4-10)12-9(14)8-5-11-7-15-8/h5,7,13H,1-4,6H2,(H,12,14). The molecule has 0 bridgehead atoms. The van der Waals surface area contributed by atoms with E-state index >= 15 is 0 Å². The molecule has 15 heavy (non-hydrogen) atoms. The van der Waals surface area contributed by atoms with Crippen molar-refractivity contribution in [2.75, 3.05) is 6.61 Å². The molecule has 1 aliphatic carbocycles. The zero-order chi connectivity index (χ0) is 10.7. The number of rotatable bonds is 3. The molecule has 1 heterocycles.